The van der Waals surface area contributed by atoms with Crippen LogP contribution in [0.4, 0.5) is 0 Å². The number of benzene rings is 2. The van der Waals surface area contributed by atoms with Crippen molar-refractivity contribution in [1.82, 2.24) is 4.90 Å². The highest BCUT2D eigenvalue weighted by Gasteiger charge is 2.34. The third-order valence-electron chi connectivity index (χ3n) is 4.31. The molecule has 154 valence electrons. The number of carbonyl (C=O) groups is 1. The SMILES string of the molecule is O=C1/C(=C/c2cccc(Br)c2)S/C(=N/N=C\C=C\c2ccccc2)N1Cc1ccco1. The van der Waals surface area contributed by atoms with Gasteiger partial charge in [-0.2, -0.15) is 5.10 Å². The number of amidine groups is 1. The molecule has 2 aromatic carbocycles. The zero-order valence-electron chi connectivity index (χ0n) is 16.4. The number of furan rings is 1. The fourth-order valence-corrected chi connectivity index (χ4v) is 4.22. The second-order valence-electron chi connectivity index (χ2n) is 6.55. The summed E-state index contributed by atoms with van der Waals surface area (Å²) in [4.78, 5) is 15.2. The number of amides is 1. The third-order valence-corrected chi connectivity index (χ3v) is 5.80. The van der Waals surface area contributed by atoms with Gasteiger partial charge in [0.05, 0.1) is 17.7 Å². The predicted octanol–water partition coefficient (Wildman–Crippen LogP) is 6.21. The number of hydrogen-bond acceptors (Lipinski definition) is 5. The van der Waals surface area contributed by atoms with Crippen LogP contribution < -0.4 is 0 Å². The molecule has 1 aliphatic rings. The molecule has 1 fully saturated rings. The van der Waals surface area contributed by atoms with E-state index in [1.165, 1.54) is 11.8 Å². The first-order valence-electron chi connectivity index (χ1n) is 9.51. The summed E-state index contributed by atoms with van der Waals surface area (Å²) in [6.07, 6.45) is 8.80. The lowest BCUT2D eigenvalue weighted by atomic mass is 10.2. The van der Waals surface area contributed by atoms with Crippen LogP contribution in [0, 0.1) is 0 Å². The first-order chi connectivity index (χ1) is 15.2. The Morgan fingerprint density at radius 1 is 1.03 bits per heavy atom. The Morgan fingerprint density at radius 3 is 2.65 bits per heavy atom. The first kappa shape index (κ1) is 21.1. The van der Waals surface area contributed by atoms with Gasteiger partial charge in [0.25, 0.3) is 5.91 Å². The van der Waals surface area contributed by atoms with Crippen LogP contribution in [0.3, 0.4) is 0 Å². The molecule has 0 unspecified atom stereocenters. The van der Waals surface area contributed by atoms with E-state index in [0.717, 1.165) is 15.6 Å². The number of allylic oxidation sites excluding steroid dienone is 1. The summed E-state index contributed by atoms with van der Waals surface area (Å²) in [6, 6.07) is 21.3. The Kier molecular flexibility index (Phi) is 6.96. The molecule has 0 atom stereocenters. The van der Waals surface area contributed by atoms with E-state index in [9.17, 15) is 4.79 Å². The molecule has 0 radical (unpaired) electrons. The molecule has 1 aliphatic heterocycles. The minimum absolute atomic E-state index is 0.129. The van der Waals surface area contributed by atoms with Gasteiger partial charge in [-0.1, -0.05) is 64.5 Å². The van der Waals surface area contributed by atoms with Crippen molar-refractivity contribution in [2.75, 3.05) is 0 Å². The van der Waals surface area contributed by atoms with Gasteiger partial charge in [0.1, 0.15) is 5.76 Å². The summed E-state index contributed by atoms with van der Waals surface area (Å²) in [5.74, 6) is 0.550. The zero-order valence-corrected chi connectivity index (χ0v) is 18.8. The van der Waals surface area contributed by atoms with Crippen molar-refractivity contribution in [2.45, 2.75) is 6.54 Å². The monoisotopic (exact) mass is 491 g/mol. The molecule has 1 aromatic heterocycles. The summed E-state index contributed by atoms with van der Waals surface area (Å²) in [6.45, 7) is 0.295. The van der Waals surface area contributed by atoms with E-state index in [1.54, 1.807) is 23.4 Å². The van der Waals surface area contributed by atoms with Gasteiger partial charge in [-0.15, -0.1) is 5.10 Å². The summed E-state index contributed by atoms with van der Waals surface area (Å²) < 4.78 is 6.37. The maximum Gasteiger partial charge on any atom is 0.267 e. The topological polar surface area (TPSA) is 58.2 Å². The average molecular weight is 492 g/mol. The number of carbonyl (C=O) groups excluding carboxylic acids is 1. The molecule has 7 heteroatoms. The summed E-state index contributed by atoms with van der Waals surface area (Å²) >= 11 is 4.76. The van der Waals surface area contributed by atoms with Crippen molar-refractivity contribution in [3.05, 3.63) is 105 Å². The van der Waals surface area contributed by atoms with Gasteiger partial charge in [0.2, 0.25) is 0 Å². The van der Waals surface area contributed by atoms with Gasteiger partial charge in [0.15, 0.2) is 5.17 Å². The number of thioether (sulfide) groups is 1. The highest BCUT2D eigenvalue weighted by molar-refractivity contribution is 9.10. The molecule has 0 saturated carbocycles. The van der Waals surface area contributed by atoms with Crippen molar-refractivity contribution in [3.63, 3.8) is 0 Å². The minimum atomic E-state index is -0.129. The van der Waals surface area contributed by atoms with Crippen molar-refractivity contribution in [1.29, 1.82) is 0 Å². The fourth-order valence-electron chi connectivity index (χ4n) is 2.87. The van der Waals surface area contributed by atoms with Crippen LogP contribution >= 0.6 is 27.7 Å². The lowest BCUT2D eigenvalue weighted by molar-refractivity contribution is -0.122. The van der Waals surface area contributed by atoms with Crippen LogP contribution in [0.15, 0.2) is 103 Å². The summed E-state index contributed by atoms with van der Waals surface area (Å²) in [5, 5.41) is 8.93. The maximum atomic E-state index is 13.0. The molecule has 1 amide bonds. The Bertz CT molecular complexity index is 1170. The molecule has 1 saturated heterocycles. The largest absolute Gasteiger partial charge is 0.467 e. The van der Waals surface area contributed by atoms with E-state index >= 15 is 0 Å². The second-order valence-corrected chi connectivity index (χ2v) is 8.48. The van der Waals surface area contributed by atoms with Gasteiger partial charge >= 0.3 is 0 Å². The Hall–Kier alpha value is -3.16. The lowest BCUT2D eigenvalue weighted by Crippen LogP contribution is -2.28. The average Bonchev–Trinajstić information content (AvgIpc) is 3.39. The molecule has 4 rings (SSSR count). The van der Waals surface area contributed by atoms with Gasteiger partial charge in [0, 0.05) is 10.7 Å². The van der Waals surface area contributed by atoms with Crippen LogP contribution in [0.2, 0.25) is 0 Å². The molecule has 0 N–H and O–H groups in total. The van der Waals surface area contributed by atoms with Crippen molar-refractivity contribution in [3.8, 4) is 0 Å². The van der Waals surface area contributed by atoms with Gasteiger partial charge in [-0.3, -0.25) is 9.69 Å². The molecular formula is C24H18BrN3O2S. The fraction of sp³-hybridized carbons (Fsp3) is 0.0417. The Labute approximate surface area is 193 Å². The van der Waals surface area contributed by atoms with Crippen LogP contribution in [-0.2, 0) is 11.3 Å². The maximum absolute atomic E-state index is 13.0. The molecule has 5 nitrogen and oxygen atoms in total. The van der Waals surface area contributed by atoms with E-state index in [-0.39, 0.29) is 5.91 Å². The number of hydrogen-bond donors (Lipinski definition) is 0. The molecule has 2 heterocycles. The highest BCUT2D eigenvalue weighted by Crippen LogP contribution is 2.34. The van der Waals surface area contributed by atoms with Gasteiger partial charge in [-0.25, -0.2) is 0 Å². The van der Waals surface area contributed by atoms with Crippen LogP contribution in [0.1, 0.15) is 16.9 Å². The van der Waals surface area contributed by atoms with Crippen molar-refractivity contribution < 1.29 is 9.21 Å². The van der Waals surface area contributed by atoms with Crippen LogP contribution in [0.25, 0.3) is 12.2 Å². The lowest BCUT2D eigenvalue weighted by Gasteiger charge is -2.12. The van der Waals surface area contributed by atoms with E-state index in [2.05, 4.69) is 26.1 Å². The quantitative estimate of drug-likeness (QED) is 0.233. The first-order valence-corrected chi connectivity index (χ1v) is 11.1. The normalized spacial score (nSPS) is 17.1. The smallest absolute Gasteiger partial charge is 0.267 e. The molecule has 0 aliphatic carbocycles. The van der Waals surface area contributed by atoms with Gasteiger partial charge < -0.3 is 4.42 Å². The standard InChI is InChI=1S/C24H18BrN3O2S/c25-20-11-4-9-19(15-20)16-22-23(29)28(17-21-12-6-14-30-21)24(31-22)27-26-13-5-10-18-7-2-1-3-8-18/h1-16H,17H2/b10-5+,22-16-,26-13-,27-24+. The Balaban J connectivity index is 1.55. The molecule has 31 heavy (non-hydrogen) atoms. The van der Waals surface area contributed by atoms with E-state index in [4.69, 9.17) is 4.42 Å². The van der Waals surface area contributed by atoms with E-state index in [0.29, 0.717) is 22.4 Å². The third kappa shape index (κ3) is 5.71. The summed E-state index contributed by atoms with van der Waals surface area (Å²) in [5.41, 5.74) is 2.00. The van der Waals surface area contributed by atoms with Crippen LogP contribution in [-0.4, -0.2) is 22.2 Å². The number of halogens is 1. The molecule has 0 bridgehead atoms. The predicted molar refractivity (Wildman–Crippen MR) is 130 cm³/mol. The highest BCUT2D eigenvalue weighted by atomic mass is 79.9. The number of nitrogens with zero attached hydrogens (tertiary/aromatic N) is 3. The zero-order chi connectivity index (χ0) is 21.5. The second kappa shape index (κ2) is 10.2. The molecule has 3 aromatic rings. The molecule has 0 spiro atoms. The van der Waals surface area contributed by atoms with Crippen LogP contribution in [0.5, 0.6) is 0 Å². The molecular weight excluding hydrogens is 474 g/mol. The van der Waals surface area contributed by atoms with Gasteiger partial charge in [-0.05, 0) is 59.3 Å². The van der Waals surface area contributed by atoms with E-state index in [1.807, 2.05) is 78.9 Å². The Morgan fingerprint density at radius 2 is 1.87 bits per heavy atom. The van der Waals surface area contributed by atoms with Crippen molar-refractivity contribution >= 4 is 57.1 Å². The van der Waals surface area contributed by atoms with E-state index < -0.39 is 0 Å². The number of rotatable bonds is 6. The van der Waals surface area contributed by atoms with Crippen molar-refractivity contribution in [2.24, 2.45) is 10.2 Å². The minimum Gasteiger partial charge on any atom is -0.467 e. The summed E-state index contributed by atoms with van der Waals surface area (Å²) in [7, 11) is 0.